The second-order valence-corrected chi connectivity index (χ2v) is 5.73. The van der Waals surface area contributed by atoms with Gasteiger partial charge in [-0.05, 0) is 51.2 Å². The van der Waals surface area contributed by atoms with E-state index in [4.69, 9.17) is 9.72 Å². The Bertz CT molecular complexity index is 609. The van der Waals surface area contributed by atoms with Gasteiger partial charge in [-0.25, -0.2) is 9.67 Å². The SMILES string of the molecule is Cc1c2nc(C3CC3)ccc2nn1C1CCCCO1. The Morgan fingerprint density at radius 2 is 2.11 bits per heavy atom. The minimum atomic E-state index is 0.104. The van der Waals surface area contributed by atoms with Gasteiger partial charge in [-0.1, -0.05) is 0 Å². The van der Waals surface area contributed by atoms with Crippen molar-refractivity contribution in [2.75, 3.05) is 6.61 Å². The van der Waals surface area contributed by atoms with Crippen molar-refractivity contribution in [1.29, 1.82) is 0 Å². The van der Waals surface area contributed by atoms with Crippen molar-refractivity contribution in [3.63, 3.8) is 0 Å². The van der Waals surface area contributed by atoms with Crippen molar-refractivity contribution in [2.45, 2.75) is 51.2 Å². The minimum Gasteiger partial charge on any atom is -0.357 e. The third-order valence-electron chi connectivity index (χ3n) is 4.22. The van der Waals surface area contributed by atoms with Crippen LogP contribution in [0.1, 0.15) is 55.6 Å². The van der Waals surface area contributed by atoms with Crippen molar-refractivity contribution in [3.8, 4) is 0 Å². The molecule has 0 amide bonds. The molecule has 4 heteroatoms. The Hall–Kier alpha value is -1.42. The average molecular weight is 257 g/mol. The Morgan fingerprint density at radius 3 is 2.84 bits per heavy atom. The molecular weight excluding hydrogens is 238 g/mol. The third kappa shape index (κ3) is 1.94. The van der Waals surface area contributed by atoms with Gasteiger partial charge in [0.2, 0.25) is 0 Å². The Labute approximate surface area is 112 Å². The lowest BCUT2D eigenvalue weighted by Gasteiger charge is -2.23. The maximum atomic E-state index is 5.84. The molecule has 0 N–H and O–H groups in total. The summed E-state index contributed by atoms with van der Waals surface area (Å²) in [7, 11) is 0. The summed E-state index contributed by atoms with van der Waals surface area (Å²) < 4.78 is 7.87. The van der Waals surface area contributed by atoms with Crippen LogP contribution in [-0.4, -0.2) is 21.4 Å². The van der Waals surface area contributed by atoms with E-state index in [9.17, 15) is 0 Å². The molecule has 1 unspecified atom stereocenters. The number of fused-ring (bicyclic) bond motifs is 1. The van der Waals surface area contributed by atoms with Gasteiger partial charge >= 0.3 is 0 Å². The molecular formula is C15H19N3O. The molecule has 0 aromatic carbocycles. The number of ether oxygens (including phenoxy) is 1. The quantitative estimate of drug-likeness (QED) is 0.828. The summed E-state index contributed by atoms with van der Waals surface area (Å²) in [5, 5.41) is 4.69. The highest BCUT2D eigenvalue weighted by Crippen LogP contribution is 2.39. The van der Waals surface area contributed by atoms with E-state index >= 15 is 0 Å². The van der Waals surface area contributed by atoms with Crippen molar-refractivity contribution >= 4 is 11.0 Å². The molecule has 100 valence electrons. The monoisotopic (exact) mass is 257 g/mol. The van der Waals surface area contributed by atoms with Gasteiger partial charge in [-0.2, -0.15) is 5.10 Å². The van der Waals surface area contributed by atoms with Gasteiger partial charge in [0, 0.05) is 18.2 Å². The predicted octanol–water partition coefficient (Wildman–Crippen LogP) is 3.32. The summed E-state index contributed by atoms with van der Waals surface area (Å²) in [6, 6.07) is 4.25. The van der Waals surface area contributed by atoms with Crippen LogP contribution in [0, 0.1) is 6.92 Å². The number of hydrogen-bond acceptors (Lipinski definition) is 3. The van der Waals surface area contributed by atoms with Crippen molar-refractivity contribution in [2.24, 2.45) is 0 Å². The fraction of sp³-hybridized carbons (Fsp3) is 0.600. The van der Waals surface area contributed by atoms with Crippen molar-refractivity contribution < 1.29 is 4.74 Å². The highest BCUT2D eigenvalue weighted by Gasteiger charge is 2.26. The first-order valence-electron chi connectivity index (χ1n) is 7.30. The van der Waals surface area contributed by atoms with Crippen LogP contribution in [-0.2, 0) is 4.74 Å². The first-order valence-corrected chi connectivity index (χ1v) is 7.30. The molecule has 3 heterocycles. The van der Waals surface area contributed by atoms with Crippen LogP contribution < -0.4 is 0 Å². The number of aryl methyl sites for hydroxylation is 1. The standard InChI is InChI=1S/C15H19N3O/c1-10-15-13(8-7-12(16-15)11-5-6-11)17-18(10)14-4-2-3-9-19-14/h7-8,11,14H,2-6,9H2,1H3. The second kappa shape index (κ2) is 4.30. The normalized spacial score (nSPS) is 23.9. The number of aromatic nitrogens is 3. The molecule has 2 aromatic rings. The van der Waals surface area contributed by atoms with Crippen LogP contribution in [0.3, 0.4) is 0 Å². The zero-order valence-electron chi connectivity index (χ0n) is 11.3. The zero-order valence-corrected chi connectivity index (χ0v) is 11.3. The molecule has 0 radical (unpaired) electrons. The molecule has 0 bridgehead atoms. The van der Waals surface area contributed by atoms with Crippen LogP contribution in [0.15, 0.2) is 12.1 Å². The van der Waals surface area contributed by atoms with Gasteiger partial charge in [0.05, 0.1) is 5.69 Å². The van der Waals surface area contributed by atoms with E-state index in [1.54, 1.807) is 0 Å². The van der Waals surface area contributed by atoms with E-state index < -0.39 is 0 Å². The van der Waals surface area contributed by atoms with Gasteiger partial charge in [0.15, 0.2) is 6.23 Å². The highest BCUT2D eigenvalue weighted by atomic mass is 16.5. The summed E-state index contributed by atoms with van der Waals surface area (Å²) in [6.07, 6.45) is 6.13. The van der Waals surface area contributed by atoms with E-state index in [1.807, 2.05) is 4.68 Å². The van der Waals surface area contributed by atoms with E-state index in [0.717, 1.165) is 29.8 Å². The van der Waals surface area contributed by atoms with E-state index in [-0.39, 0.29) is 6.23 Å². The number of nitrogens with zero attached hydrogens (tertiary/aromatic N) is 3. The Balaban J connectivity index is 1.76. The molecule has 2 aliphatic rings. The molecule has 1 saturated carbocycles. The summed E-state index contributed by atoms with van der Waals surface area (Å²) in [6.45, 7) is 2.96. The molecule has 0 spiro atoms. The van der Waals surface area contributed by atoms with Gasteiger partial charge in [-0.3, -0.25) is 0 Å². The predicted molar refractivity (Wildman–Crippen MR) is 73.1 cm³/mol. The maximum Gasteiger partial charge on any atom is 0.150 e. The molecule has 19 heavy (non-hydrogen) atoms. The molecule has 4 nitrogen and oxygen atoms in total. The van der Waals surface area contributed by atoms with Gasteiger partial charge in [0.25, 0.3) is 0 Å². The molecule has 1 atom stereocenters. The lowest BCUT2D eigenvalue weighted by atomic mass is 10.2. The Morgan fingerprint density at radius 1 is 1.21 bits per heavy atom. The van der Waals surface area contributed by atoms with Gasteiger partial charge < -0.3 is 4.74 Å². The largest absolute Gasteiger partial charge is 0.357 e. The van der Waals surface area contributed by atoms with Crippen molar-refractivity contribution in [1.82, 2.24) is 14.8 Å². The summed E-state index contributed by atoms with van der Waals surface area (Å²) in [5.41, 5.74) is 4.43. The molecule has 1 aliphatic carbocycles. The maximum absolute atomic E-state index is 5.84. The lowest BCUT2D eigenvalue weighted by molar-refractivity contribution is -0.0402. The third-order valence-corrected chi connectivity index (χ3v) is 4.22. The van der Waals surface area contributed by atoms with Crippen molar-refractivity contribution in [3.05, 3.63) is 23.5 Å². The zero-order chi connectivity index (χ0) is 12.8. The van der Waals surface area contributed by atoms with E-state index in [0.29, 0.717) is 5.92 Å². The smallest absolute Gasteiger partial charge is 0.150 e. The molecule has 2 fully saturated rings. The molecule has 1 saturated heterocycles. The number of hydrogen-bond donors (Lipinski definition) is 0. The topological polar surface area (TPSA) is 39.9 Å². The van der Waals surface area contributed by atoms with E-state index in [1.165, 1.54) is 31.4 Å². The van der Waals surface area contributed by atoms with Gasteiger partial charge in [0.1, 0.15) is 11.0 Å². The molecule has 4 rings (SSSR count). The Kier molecular flexibility index (Phi) is 2.58. The summed E-state index contributed by atoms with van der Waals surface area (Å²) in [4.78, 5) is 4.81. The van der Waals surface area contributed by atoms with Crippen LogP contribution in [0.25, 0.3) is 11.0 Å². The van der Waals surface area contributed by atoms with Crippen LogP contribution in [0.4, 0.5) is 0 Å². The lowest BCUT2D eigenvalue weighted by Crippen LogP contribution is -2.20. The second-order valence-electron chi connectivity index (χ2n) is 5.73. The van der Waals surface area contributed by atoms with E-state index in [2.05, 4.69) is 24.2 Å². The fourth-order valence-corrected chi connectivity index (χ4v) is 2.92. The summed E-state index contributed by atoms with van der Waals surface area (Å²) in [5.74, 6) is 0.693. The van der Waals surface area contributed by atoms with Gasteiger partial charge in [-0.15, -0.1) is 0 Å². The molecule has 2 aromatic heterocycles. The van der Waals surface area contributed by atoms with Crippen LogP contribution in [0.2, 0.25) is 0 Å². The molecule has 1 aliphatic heterocycles. The fourth-order valence-electron chi connectivity index (χ4n) is 2.92. The van der Waals surface area contributed by atoms with Crippen LogP contribution in [0.5, 0.6) is 0 Å². The first-order chi connectivity index (χ1) is 9.33. The van der Waals surface area contributed by atoms with Crippen LogP contribution >= 0.6 is 0 Å². The first kappa shape index (κ1) is 11.4. The number of rotatable bonds is 2. The number of pyridine rings is 1. The minimum absolute atomic E-state index is 0.104. The average Bonchev–Trinajstić information content (AvgIpc) is 3.25. The summed E-state index contributed by atoms with van der Waals surface area (Å²) >= 11 is 0. The highest BCUT2D eigenvalue weighted by molar-refractivity contribution is 5.77.